The van der Waals surface area contributed by atoms with Crippen LogP contribution in [-0.2, 0) is 14.3 Å². The van der Waals surface area contributed by atoms with Gasteiger partial charge in [-0.15, -0.1) is 0 Å². The summed E-state index contributed by atoms with van der Waals surface area (Å²) in [5.74, 6) is -0.616. The molecule has 0 fully saturated rings. The first-order chi connectivity index (χ1) is 13.8. The predicted octanol–water partition coefficient (Wildman–Crippen LogP) is 4.23. The lowest BCUT2D eigenvalue weighted by atomic mass is 10.0. The fraction of sp³-hybridized carbons (Fsp3) is 0.333. The van der Waals surface area contributed by atoms with Crippen molar-refractivity contribution in [1.82, 2.24) is 4.90 Å². The Labute approximate surface area is 172 Å². The Kier molecular flexibility index (Phi) is 6.18. The number of carbonyl (C=O) groups is 2. The summed E-state index contributed by atoms with van der Waals surface area (Å²) in [6, 6.07) is 13.7. The van der Waals surface area contributed by atoms with Crippen LogP contribution < -0.4 is 5.32 Å². The number of ether oxygens (including phenoxy) is 1. The number of rotatable bonds is 7. The number of benzene rings is 2. The molecule has 29 heavy (non-hydrogen) atoms. The Balaban J connectivity index is 1.98. The third-order valence-corrected chi connectivity index (χ3v) is 4.77. The van der Waals surface area contributed by atoms with Crippen molar-refractivity contribution in [3.63, 3.8) is 0 Å². The Morgan fingerprint density at radius 3 is 2.10 bits per heavy atom. The molecule has 5 nitrogen and oxygen atoms in total. The lowest BCUT2D eigenvalue weighted by molar-refractivity contribution is -0.137. The molecule has 1 N–H and O–H groups in total. The van der Waals surface area contributed by atoms with Crippen LogP contribution in [0.2, 0.25) is 0 Å². The van der Waals surface area contributed by atoms with Gasteiger partial charge in [-0.2, -0.15) is 0 Å². The second-order valence-corrected chi connectivity index (χ2v) is 7.80. The number of hydrogen-bond donors (Lipinski definition) is 1. The Bertz CT molecular complexity index is 938. The van der Waals surface area contributed by atoms with Gasteiger partial charge in [-0.25, -0.2) is 0 Å². The number of hydrogen-bond acceptors (Lipinski definition) is 4. The lowest BCUT2D eigenvalue weighted by Gasteiger charge is -2.16. The first-order valence-electron chi connectivity index (χ1n) is 9.90. The smallest absolute Gasteiger partial charge is 0.278 e. The van der Waals surface area contributed by atoms with E-state index in [4.69, 9.17) is 4.74 Å². The van der Waals surface area contributed by atoms with Crippen LogP contribution in [0.15, 0.2) is 48.2 Å². The number of carbonyl (C=O) groups excluding carboxylic acids is 2. The van der Waals surface area contributed by atoms with Crippen LogP contribution in [0.1, 0.15) is 36.1 Å². The quantitative estimate of drug-likeness (QED) is 0.717. The molecule has 0 aliphatic carbocycles. The molecule has 0 unspecified atom stereocenters. The highest BCUT2D eigenvalue weighted by atomic mass is 16.5. The van der Waals surface area contributed by atoms with Gasteiger partial charge in [-0.3, -0.25) is 14.5 Å². The van der Waals surface area contributed by atoms with Gasteiger partial charge >= 0.3 is 0 Å². The third kappa shape index (κ3) is 4.74. The van der Waals surface area contributed by atoms with Crippen molar-refractivity contribution in [3.8, 4) is 0 Å². The maximum Gasteiger partial charge on any atom is 0.278 e. The second kappa shape index (κ2) is 8.62. The van der Waals surface area contributed by atoms with E-state index < -0.39 is 0 Å². The fourth-order valence-corrected chi connectivity index (χ4v) is 3.45. The number of amides is 2. The monoisotopic (exact) mass is 392 g/mol. The van der Waals surface area contributed by atoms with E-state index in [1.54, 1.807) is 0 Å². The van der Waals surface area contributed by atoms with E-state index in [-0.39, 0.29) is 24.5 Å². The van der Waals surface area contributed by atoms with E-state index >= 15 is 0 Å². The summed E-state index contributed by atoms with van der Waals surface area (Å²) >= 11 is 0. The summed E-state index contributed by atoms with van der Waals surface area (Å²) < 4.78 is 5.56. The summed E-state index contributed by atoms with van der Waals surface area (Å²) in [5, 5.41) is 3.22. The van der Waals surface area contributed by atoms with Gasteiger partial charge in [0.15, 0.2) is 0 Å². The number of aryl methyl sites for hydroxylation is 3. The Morgan fingerprint density at radius 1 is 0.897 bits per heavy atom. The van der Waals surface area contributed by atoms with Gasteiger partial charge in [0.2, 0.25) is 0 Å². The molecule has 0 radical (unpaired) electrons. The zero-order chi connectivity index (χ0) is 21.1. The molecule has 0 aromatic heterocycles. The van der Waals surface area contributed by atoms with Crippen LogP contribution in [0.3, 0.4) is 0 Å². The summed E-state index contributed by atoms with van der Waals surface area (Å²) in [6.45, 7) is 10.4. The molecule has 0 saturated carbocycles. The number of nitrogens with one attached hydrogen (secondary N) is 1. The minimum atomic E-state index is -0.322. The molecule has 0 bridgehead atoms. The third-order valence-electron chi connectivity index (χ3n) is 4.77. The molecule has 1 aliphatic rings. The van der Waals surface area contributed by atoms with Crippen molar-refractivity contribution in [2.24, 2.45) is 0 Å². The zero-order valence-electron chi connectivity index (χ0n) is 17.7. The summed E-state index contributed by atoms with van der Waals surface area (Å²) in [6.07, 6.45) is 0.0419. The van der Waals surface area contributed by atoms with Gasteiger partial charge in [-0.05, 0) is 63.4 Å². The molecule has 1 aliphatic heterocycles. The molecule has 152 valence electrons. The lowest BCUT2D eigenvalue weighted by Crippen LogP contribution is -2.35. The fourth-order valence-electron chi connectivity index (χ4n) is 3.45. The molecule has 5 heteroatoms. The molecule has 0 spiro atoms. The van der Waals surface area contributed by atoms with Crippen LogP contribution in [-0.4, -0.2) is 36.0 Å². The van der Waals surface area contributed by atoms with Gasteiger partial charge in [-0.1, -0.05) is 35.9 Å². The van der Waals surface area contributed by atoms with Crippen molar-refractivity contribution in [2.45, 2.75) is 40.7 Å². The average molecular weight is 392 g/mol. The van der Waals surface area contributed by atoms with Gasteiger partial charge in [0.05, 0.1) is 24.8 Å². The summed E-state index contributed by atoms with van der Waals surface area (Å²) in [5.41, 5.74) is 5.51. The predicted molar refractivity (Wildman–Crippen MR) is 115 cm³/mol. The van der Waals surface area contributed by atoms with Crippen LogP contribution in [0.25, 0.3) is 5.57 Å². The maximum atomic E-state index is 13.2. The van der Waals surface area contributed by atoms with E-state index in [0.29, 0.717) is 17.9 Å². The topological polar surface area (TPSA) is 58.6 Å². The molecular weight excluding hydrogens is 364 g/mol. The van der Waals surface area contributed by atoms with Crippen molar-refractivity contribution in [3.05, 3.63) is 70.4 Å². The molecular formula is C24H28N2O3. The SMILES string of the molecule is Cc1ccc(C2=C(Nc3cc(C)cc(C)c3)C(=O)N(CCOC(C)C)C2=O)cc1. The van der Waals surface area contributed by atoms with Gasteiger partial charge in [0.25, 0.3) is 11.8 Å². The minimum Gasteiger partial charge on any atom is -0.377 e. The van der Waals surface area contributed by atoms with Crippen LogP contribution in [0.4, 0.5) is 5.69 Å². The van der Waals surface area contributed by atoms with Gasteiger partial charge in [0, 0.05) is 5.69 Å². The van der Waals surface area contributed by atoms with E-state index in [1.165, 1.54) is 4.90 Å². The van der Waals surface area contributed by atoms with Crippen molar-refractivity contribution in [1.29, 1.82) is 0 Å². The van der Waals surface area contributed by atoms with E-state index in [1.807, 2.05) is 71.0 Å². The van der Waals surface area contributed by atoms with Crippen LogP contribution in [0.5, 0.6) is 0 Å². The molecule has 3 rings (SSSR count). The summed E-state index contributed by atoms with van der Waals surface area (Å²) in [7, 11) is 0. The highest BCUT2D eigenvalue weighted by molar-refractivity contribution is 6.36. The normalized spacial score (nSPS) is 14.3. The molecule has 0 atom stereocenters. The summed E-state index contributed by atoms with van der Waals surface area (Å²) in [4.78, 5) is 27.6. The number of nitrogens with zero attached hydrogens (tertiary/aromatic N) is 1. The maximum absolute atomic E-state index is 13.2. The molecule has 0 saturated heterocycles. The van der Waals surface area contributed by atoms with E-state index in [9.17, 15) is 9.59 Å². The first-order valence-corrected chi connectivity index (χ1v) is 9.90. The molecule has 2 aromatic rings. The Morgan fingerprint density at radius 2 is 1.52 bits per heavy atom. The van der Waals surface area contributed by atoms with Gasteiger partial charge in [0.1, 0.15) is 5.70 Å². The molecule has 2 amide bonds. The average Bonchev–Trinajstić information content (AvgIpc) is 2.86. The van der Waals surface area contributed by atoms with Crippen molar-refractivity contribution in [2.75, 3.05) is 18.5 Å². The van der Waals surface area contributed by atoms with Gasteiger partial charge < -0.3 is 10.1 Å². The highest BCUT2D eigenvalue weighted by Gasteiger charge is 2.39. The van der Waals surface area contributed by atoms with E-state index in [0.717, 1.165) is 27.9 Å². The van der Waals surface area contributed by atoms with E-state index in [2.05, 4.69) is 11.4 Å². The molecule has 1 heterocycles. The number of imide groups is 1. The zero-order valence-corrected chi connectivity index (χ0v) is 17.7. The largest absolute Gasteiger partial charge is 0.377 e. The van der Waals surface area contributed by atoms with Crippen molar-refractivity contribution < 1.29 is 14.3 Å². The van der Waals surface area contributed by atoms with Crippen molar-refractivity contribution >= 4 is 23.1 Å². The Hall–Kier alpha value is -2.92. The number of anilines is 1. The van der Waals surface area contributed by atoms with Crippen LogP contribution >= 0.6 is 0 Å². The minimum absolute atomic E-state index is 0.0419. The van der Waals surface area contributed by atoms with Crippen LogP contribution in [0, 0.1) is 20.8 Å². The highest BCUT2D eigenvalue weighted by Crippen LogP contribution is 2.31. The molecule has 2 aromatic carbocycles. The standard InChI is InChI=1S/C24H28N2O3/c1-15(2)29-11-10-26-23(27)21(19-8-6-16(3)7-9-19)22(24(26)28)25-20-13-17(4)12-18(5)14-20/h6-9,12-15,25H,10-11H2,1-5H3. The second-order valence-electron chi connectivity index (χ2n) is 7.80. The first kappa shape index (κ1) is 20.8.